The largest absolute Gasteiger partial charge is 0.289 e. The summed E-state index contributed by atoms with van der Waals surface area (Å²) in [4.78, 5) is 13.3. The van der Waals surface area contributed by atoms with Crippen LogP contribution in [0.1, 0.15) is 29.9 Å². The monoisotopic (exact) mass is 268 g/mol. The van der Waals surface area contributed by atoms with Crippen molar-refractivity contribution in [2.75, 3.05) is 0 Å². The highest BCUT2D eigenvalue weighted by atomic mass is 32.1. The molecule has 2 heteroatoms. The van der Waals surface area contributed by atoms with Gasteiger partial charge in [0.25, 0.3) is 0 Å². The number of fused-ring (bicyclic) bond motifs is 1. The van der Waals surface area contributed by atoms with Crippen molar-refractivity contribution in [3.8, 4) is 0 Å². The van der Waals surface area contributed by atoms with Gasteiger partial charge in [-0.15, -0.1) is 11.3 Å². The summed E-state index contributed by atoms with van der Waals surface area (Å²) in [7, 11) is 0. The summed E-state index contributed by atoms with van der Waals surface area (Å²) in [6, 6.07) is 6.01. The normalized spacial score (nSPS) is 11.6. The van der Waals surface area contributed by atoms with Gasteiger partial charge in [-0.3, -0.25) is 4.79 Å². The SMILES string of the molecule is C=Cc1sc2ccc(C(C)=CC)cc2c(=O)c1C=C. The fourth-order valence-electron chi connectivity index (χ4n) is 1.98. The molecule has 0 aliphatic carbocycles. The summed E-state index contributed by atoms with van der Waals surface area (Å²) in [5, 5.41) is 0.754. The Morgan fingerprint density at radius 3 is 2.58 bits per heavy atom. The number of allylic oxidation sites excluding steroid dienone is 2. The first-order chi connectivity index (χ1) is 9.12. The van der Waals surface area contributed by atoms with Crippen LogP contribution in [0.3, 0.4) is 0 Å². The first-order valence-electron chi connectivity index (χ1n) is 6.11. The average molecular weight is 268 g/mol. The van der Waals surface area contributed by atoms with Crippen LogP contribution in [0, 0.1) is 0 Å². The lowest BCUT2D eigenvalue weighted by Crippen LogP contribution is -2.06. The number of benzene rings is 1. The first-order valence-corrected chi connectivity index (χ1v) is 6.93. The molecule has 0 radical (unpaired) electrons. The van der Waals surface area contributed by atoms with Crippen LogP contribution >= 0.6 is 11.3 Å². The molecular formula is C17H16OS. The lowest BCUT2D eigenvalue weighted by Gasteiger charge is -2.06. The number of hydrogen-bond donors (Lipinski definition) is 0. The molecule has 1 aromatic carbocycles. The van der Waals surface area contributed by atoms with Crippen molar-refractivity contribution in [1.82, 2.24) is 0 Å². The van der Waals surface area contributed by atoms with E-state index in [9.17, 15) is 4.79 Å². The third kappa shape index (κ3) is 2.32. The second kappa shape index (κ2) is 5.37. The molecule has 0 saturated carbocycles. The Balaban J connectivity index is 2.87. The molecule has 0 N–H and O–H groups in total. The molecule has 0 saturated heterocycles. The zero-order valence-electron chi connectivity index (χ0n) is 11.2. The summed E-state index contributed by atoms with van der Waals surface area (Å²) in [5.74, 6) is 0. The highest BCUT2D eigenvalue weighted by Crippen LogP contribution is 2.26. The van der Waals surface area contributed by atoms with E-state index in [2.05, 4.69) is 13.2 Å². The maximum atomic E-state index is 12.5. The van der Waals surface area contributed by atoms with Crippen LogP contribution < -0.4 is 5.43 Å². The molecule has 19 heavy (non-hydrogen) atoms. The second-order valence-electron chi connectivity index (χ2n) is 4.30. The van der Waals surface area contributed by atoms with Gasteiger partial charge in [0.15, 0.2) is 5.43 Å². The van der Waals surface area contributed by atoms with E-state index in [4.69, 9.17) is 0 Å². The Labute approximate surface area is 117 Å². The van der Waals surface area contributed by atoms with E-state index in [1.807, 2.05) is 38.1 Å². The Bertz CT molecular complexity index is 748. The summed E-state index contributed by atoms with van der Waals surface area (Å²) < 4.78 is 0.984. The van der Waals surface area contributed by atoms with Crippen LogP contribution in [0.2, 0.25) is 0 Å². The molecule has 1 nitrogen and oxygen atoms in total. The van der Waals surface area contributed by atoms with Gasteiger partial charge in [0, 0.05) is 20.5 Å². The minimum Gasteiger partial charge on any atom is -0.289 e. The summed E-state index contributed by atoms with van der Waals surface area (Å²) in [6.45, 7) is 11.5. The van der Waals surface area contributed by atoms with Crippen molar-refractivity contribution in [2.24, 2.45) is 0 Å². The zero-order valence-corrected chi connectivity index (χ0v) is 12.0. The molecule has 2 rings (SSSR count). The Morgan fingerprint density at radius 1 is 1.26 bits per heavy atom. The molecule has 0 fully saturated rings. The standard InChI is InChI=1S/C17H16OS/c1-5-11(4)12-8-9-16-14(10-12)17(18)13(6-2)15(7-3)19-16/h5-10H,2-3H2,1,4H3. The fourth-order valence-corrected chi connectivity index (χ4v) is 2.99. The predicted octanol–water partition coefficient (Wildman–Crippen LogP) is 4.97. The van der Waals surface area contributed by atoms with Crippen molar-refractivity contribution in [1.29, 1.82) is 0 Å². The smallest absolute Gasteiger partial charge is 0.195 e. The van der Waals surface area contributed by atoms with Gasteiger partial charge in [0.05, 0.1) is 0 Å². The van der Waals surface area contributed by atoms with Crippen molar-refractivity contribution >= 4 is 39.1 Å². The molecule has 0 bridgehead atoms. The molecule has 0 unspecified atom stereocenters. The van der Waals surface area contributed by atoms with Gasteiger partial charge in [-0.05, 0) is 37.1 Å². The lowest BCUT2D eigenvalue weighted by molar-refractivity contribution is 1.56. The fraction of sp³-hybridized carbons (Fsp3) is 0.118. The topological polar surface area (TPSA) is 17.1 Å². The zero-order chi connectivity index (χ0) is 14.0. The highest BCUT2D eigenvalue weighted by molar-refractivity contribution is 7.19. The van der Waals surface area contributed by atoms with Crippen LogP contribution in [0.15, 0.2) is 42.2 Å². The van der Waals surface area contributed by atoms with Gasteiger partial charge in [-0.25, -0.2) is 0 Å². The van der Waals surface area contributed by atoms with Gasteiger partial charge in [0.2, 0.25) is 0 Å². The highest BCUT2D eigenvalue weighted by Gasteiger charge is 2.09. The van der Waals surface area contributed by atoms with Gasteiger partial charge >= 0.3 is 0 Å². The van der Waals surface area contributed by atoms with E-state index >= 15 is 0 Å². The second-order valence-corrected chi connectivity index (χ2v) is 5.38. The Morgan fingerprint density at radius 2 is 2.00 bits per heavy atom. The average Bonchev–Trinajstić information content (AvgIpc) is 2.45. The Hall–Kier alpha value is -1.93. The molecule has 0 atom stereocenters. The van der Waals surface area contributed by atoms with Gasteiger partial charge < -0.3 is 0 Å². The third-order valence-corrected chi connectivity index (χ3v) is 4.41. The van der Waals surface area contributed by atoms with E-state index in [0.717, 1.165) is 20.5 Å². The minimum absolute atomic E-state index is 0.0319. The molecule has 0 aliphatic heterocycles. The third-order valence-electron chi connectivity index (χ3n) is 3.23. The van der Waals surface area contributed by atoms with Crippen molar-refractivity contribution in [3.05, 3.63) is 63.7 Å². The van der Waals surface area contributed by atoms with Crippen LogP contribution in [0.4, 0.5) is 0 Å². The van der Waals surface area contributed by atoms with Crippen LogP contribution in [-0.4, -0.2) is 0 Å². The molecule has 1 heterocycles. The molecule has 2 aromatic rings. The molecule has 0 aliphatic rings. The molecule has 1 aromatic heterocycles. The van der Waals surface area contributed by atoms with E-state index < -0.39 is 0 Å². The maximum absolute atomic E-state index is 12.5. The quantitative estimate of drug-likeness (QED) is 0.768. The Kier molecular flexibility index (Phi) is 3.82. The van der Waals surface area contributed by atoms with Crippen molar-refractivity contribution in [2.45, 2.75) is 13.8 Å². The summed E-state index contributed by atoms with van der Waals surface area (Å²) in [6.07, 6.45) is 5.37. The first kappa shape index (κ1) is 13.5. The van der Waals surface area contributed by atoms with Crippen LogP contribution in [0.5, 0.6) is 0 Å². The molecule has 96 valence electrons. The van der Waals surface area contributed by atoms with Gasteiger partial charge in [0.1, 0.15) is 0 Å². The summed E-state index contributed by atoms with van der Waals surface area (Å²) in [5.41, 5.74) is 2.92. The van der Waals surface area contributed by atoms with Crippen molar-refractivity contribution in [3.63, 3.8) is 0 Å². The molecular weight excluding hydrogens is 252 g/mol. The van der Waals surface area contributed by atoms with Gasteiger partial charge in [-0.1, -0.05) is 37.5 Å². The van der Waals surface area contributed by atoms with E-state index in [0.29, 0.717) is 5.56 Å². The molecule has 0 spiro atoms. The summed E-state index contributed by atoms with van der Waals surface area (Å²) >= 11 is 1.57. The lowest BCUT2D eigenvalue weighted by atomic mass is 10.0. The number of hydrogen-bond acceptors (Lipinski definition) is 2. The van der Waals surface area contributed by atoms with Crippen molar-refractivity contribution < 1.29 is 0 Å². The molecule has 0 amide bonds. The van der Waals surface area contributed by atoms with E-state index in [1.165, 1.54) is 5.57 Å². The van der Waals surface area contributed by atoms with E-state index in [-0.39, 0.29) is 5.43 Å². The predicted molar refractivity (Wildman–Crippen MR) is 87.6 cm³/mol. The van der Waals surface area contributed by atoms with Gasteiger partial charge in [-0.2, -0.15) is 0 Å². The van der Waals surface area contributed by atoms with Crippen LogP contribution in [0.25, 0.3) is 27.8 Å². The van der Waals surface area contributed by atoms with E-state index in [1.54, 1.807) is 23.5 Å². The maximum Gasteiger partial charge on any atom is 0.195 e. The number of rotatable bonds is 3. The minimum atomic E-state index is 0.0319. The van der Waals surface area contributed by atoms with Crippen LogP contribution in [-0.2, 0) is 0 Å².